The number of hydrogen-bond acceptors (Lipinski definition) is 6. The number of rotatable bonds is 4. The van der Waals surface area contributed by atoms with Crippen molar-refractivity contribution < 1.29 is 23.9 Å². The number of carbonyl (C=O) groups excluding carboxylic acids is 3. The lowest BCUT2D eigenvalue weighted by Crippen LogP contribution is -2.27. The van der Waals surface area contributed by atoms with E-state index in [2.05, 4.69) is 4.98 Å². The fourth-order valence-electron chi connectivity index (χ4n) is 3.83. The Kier molecular flexibility index (Phi) is 5.52. The van der Waals surface area contributed by atoms with Crippen LogP contribution in [-0.2, 0) is 25.5 Å². The molecule has 2 aromatic rings. The topological polar surface area (TPSA) is 82.6 Å². The first-order valence-electron chi connectivity index (χ1n) is 8.76. The largest absolute Gasteiger partial charge is 0.469 e. The molecule has 0 aliphatic heterocycles. The Bertz CT molecular complexity index is 968. The molecule has 1 heterocycles. The molecule has 7 heteroatoms. The monoisotopic (exact) mass is 401 g/mol. The number of aromatic nitrogens is 1. The van der Waals surface area contributed by atoms with Crippen LogP contribution in [0.15, 0.2) is 24.3 Å². The molecule has 28 heavy (non-hydrogen) atoms. The summed E-state index contributed by atoms with van der Waals surface area (Å²) in [7, 11) is 2.57. The molecule has 1 aromatic carbocycles. The molecule has 1 aliphatic carbocycles. The number of ketones is 1. The van der Waals surface area contributed by atoms with Crippen molar-refractivity contribution in [3.8, 4) is 0 Å². The molecule has 1 aromatic heterocycles. The molecule has 0 spiro atoms. The third kappa shape index (κ3) is 3.29. The number of benzene rings is 1. The Labute approximate surface area is 167 Å². The third-order valence-electron chi connectivity index (χ3n) is 5.22. The number of esters is 2. The fourth-order valence-corrected chi connectivity index (χ4v) is 3.95. The van der Waals surface area contributed by atoms with Gasteiger partial charge in [0.15, 0.2) is 0 Å². The number of carbonyl (C=O) groups is 3. The summed E-state index contributed by atoms with van der Waals surface area (Å²) in [5, 5.41) is 0.535. The lowest BCUT2D eigenvalue weighted by molar-refractivity contribution is -0.153. The molecular formula is C21H20ClNO5. The van der Waals surface area contributed by atoms with E-state index in [1.165, 1.54) is 14.2 Å². The molecular weight excluding hydrogens is 382 g/mol. The zero-order valence-corrected chi connectivity index (χ0v) is 16.8. The highest BCUT2D eigenvalue weighted by Crippen LogP contribution is 2.43. The van der Waals surface area contributed by atoms with E-state index < -0.39 is 23.8 Å². The summed E-state index contributed by atoms with van der Waals surface area (Å²) in [6, 6.07) is 6.57. The Morgan fingerprint density at radius 3 is 2.21 bits per heavy atom. The van der Waals surface area contributed by atoms with E-state index in [4.69, 9.17) is 21.1 Å². The number of hydrogen-bond donors (Lipinski definition) is 0. The van der Waals surface area contributed by atoms with Crippen molar-refractivity contribution in [2.45, 2.75) is 26.2 Å². The minimum Gasteiger partial charge on any atom is -0.469 e. The van der Waals surface area contributed by atoms with Crippen LogP contribution in [0.4, 0.5) is 0 Å². The minimum absolute atomic E-state index is 0.240. The van der Waals surface area contributed by atoms with Crippen LogP contribution in [0.2, 0.25) is 5.02 Å². The van der Waals surface area contributed by atoms with E-state index in [-0.39, 0.29) is 12.2 Å². The molecule has 6 nitrogen and oxygen atoms in total. The molecule has 1 aliphatic rings. The molecule has 0 N–H and O–H groups in total. The molecule has 0 fully saturated rings. The quantitative estimate of drug-likeness (QED) is 0.578. The second-order valence-corrected chi connectivity index (χ2v) is 7.17. The highest BCUT2D eigenvalue weighted by Gasteiger charge is 2.45. The lowest BCUT2D eigenvalue weighted by atomic mass is 9.91. The van der Waals surface area contributed by atoms with E-state index in [1.54, 1.807) is 38.1 Å². The Morgan fingerprint density at radius 2 is 1.64 bits per heavy atom. The van der Waals surface area contributed by atoms with Gasteiger partial charge < -0.3 is 9.47 Å². The number of pyridine rings is 1. The van der Waals surface area contributed by atoms with Gasteiger partial charge in [-0.1, -0.05) is 11.6 Å². The molecule has 0 bridgehead atoms. The van der Waals surface area contributed by atoms with Crippen molar-refractivity contribution in [3.05, 3.63) is 62.9 Å². The van der Waals surface area contributed by atoms with Gasteiger partial charge in [0.1, 0.15) is 5.69 Å². The van der Waals surface area contributed by atoms with E-state index in [9.17, 15) is 14.4 Å². The van der Waals surface area contributed by atoms with E-state index in [0.717, 1.165) is 5.56 Å². The maximum Gasteiger partial charge on any atom is 0.314 e. The zero-order chi connectivity index (χ0) is 20.6. The summed E-state index contributed by atoms with van der Waals surface area (Å²) < 4.78 is 9.80. The van der Waals surface area contributed by atoms with Crippen LogP contribution in [0.25, 0.3) is 0 Å². The van der Waals surface area contributed by atoms with Crippen molar-refractivity contribution in [1.29, 1.82) is 0 Å². The van der Waals surface area contributed by atoms with Gasteiger partial charge in [0.05, 0.1) is 26.1 Å². The first-order chi connectivity index (χ1) is 13.3. The molecule has 2 atom stereocenters. The van der Waals surface area contributed by atoms with Crippen LogP contribution < -0.4 is 0 Å². The SMILES string of the molecule is COC(=O)C1Cc2c(C)c(C(=O)c3ccc(Cl)cc3)nc(C)c2C1C(=O)OC. The maximum absolute atomic E-state index is 13.0. The van der Waals surface area contributed by atoms with Crippen molar-refractivity contribution >= 4 is 29.3 Å². The Morgan fingerprint density at radius 1 is 1.04 bits per heavy atom. The fraction of sp³-hybridized carbons (Fsp3) is 0.333. The average Bonchev–Trinajstić information content (AvgIpc) is 3.11. The van der Waals surface area contributed by atoms with Gasteiger partial charge in [-0.2, -0.15) is 0 Å². The summed E-state index contributed by atoms with van der Waals surface area (Å²) in [5.74, 6) is -2.74. The second-order valence-electron chi connectivity index (χ2n) is 6.73. The summed E-state index contributed by atoms with van der Waals surface area (Å²) >= 11 is 5.90. The van der Waals surface area contributed by atoms with Crippen molar-refractivity contribution in [3.63, 3.8) is 0 Å². The van der Waals surface area contributed by atoms with Gasteiger partial charge in [-0.15, -0.1) is 0 Å². The van der Waals surface area contributed by atoms with Crippen LogP contribution in [0.3, 0.4) is 0 Å². The highest BCUT2D eigenvalue weighted by molar-refractivity contribution is 6.30. The summed E-state index contributed by atoms with van der Waals surface area (Å²) in [6.07, 6.45) is 0.290. The minimum atomic E-state index is -0.793. The summed E-state index contributed by atoms with van der Waals surface area (Å²) in [6.45, 7) is 3.51. The van der Waals surface area contributed by atoms with E-state index >= 15 is 0 Å². The van der Waals surface area contributed by atoms with Crippen molar-refractivity contribution in [1.82, 2.24) is 4.98 Å². The van der Waals surface area contributed by atoms with Gasteiger partial charge in [-0.25, -0.2) is 4.98 Å². The third-order valence-corrected chi connectivity index (χ3v) is 5.47. The zero-order valence-electron chi connectivity index (χ0n) is 16.0. The van der Waals surface area contributed by atoms with Gasteiger partial charge in [0.2, 0.25) is 5.78 Å². The summed E-state index contributed by atoms with van der Waals surface area (Å²) in [5.41, 5.74) is 3.36. The first kappa shape index (κ1) is 20.0. The number of methoxy groups -OCH3 is 2. The molecule has 146 valence electrons. The predicted octanol–water partition coefficient (Wildman–Crippen LogP) is 3.18. The van der Waals surface area contributed by atoms with Crippen LogP contribution in [-0.4, -0.2) is 36.9 Å². The number of fused-ring (bicyclic) bond motifs is 1. The predicted molar refractivity (Wildman–Crippen MR) is 103 cm³/mol. The van der Waals surface area contributed by atoms with Crippen LogP contribution >= 0.6 is 11.6 Å². The first-order valence-corrected chi connectivity index (χ1v) is 9.13. The van der Waals surface area contributed by atoms with Gasteiger partial charge >= 0.3 is 11.9 Å². The van der Waals surface area contributed by atoms with E-state index in [1.807, 2.05) is 0 Å². The van der Waals surface area contributed by atoms with Gasteiger partial charge in [0.25, 0.3) is 0 Å². The number of ether oxygens (including phenoxy) is 2. The lowest BCUT2D eigenvalue weighted by Gasteiger charge is -2.17. The smallest absolute Gasteiger partial charge is 0.314 e. The molecule has 0 saturated carbocycles. The standard InChI is InChI=1S/C21H20ClNO5/c1-10-14-9-15(20(25)27-3)17(21(26)28-4)16(14)11(2)23-18(10)19(24)12-5-7-13(22)8-6-12/h5-8,15,17H,9H2,1-4H3. The number of aryl methyl sites for hydroxylation is 1. The van der Waals surface area contributed by atoms with E-state index in [0.29, 0.717) is 33.1 Å². The van der Waals surface area contributed by atoms with Gasteiger partial charge in [-0.3, -0.25) is 14.4 Å². The normalized spacial score (nSPS) is 17.8. The molecule has 0 amide bonds. The van der Waals surface area contributed by atoms with Crippen molar-refractivity contribution in [2.75, 3.05) is 14.2 Å². The Balaban J connectivity index is 2.12. The molecule has 0 radical (unpaired) electrons. The Hall–Kier alpha value is -2.73. The molecule has 3 rings (SSSR count). The molecule has 2 unspecified atom stereocenters. The number of nitrogens with zero attached hydrogens (tertiary/aromatic N) is 1. The molecule has 0 saturated heterocycles. The highest BCUT2D eigenvalue weighted by atomic mass is 35.5. The van der Waals surface area contributed by atoms with Crippen LogP contribution in [0, 0.1) is 19.8 Å². The van der Waals surface area contributed by atoms with Crippen molar-refractivity contribution in [2.24, 2.45) is 5.92 Å². The maximum atomic E-state index is 13.0. The second kappa shape index (κ2) is 7.72. The number of halogens is 1. The van der Waals surface area contributed by atoms with Gasteiger partial charge in [-0.05, 0) is 61.2 Å². The van der Waals surface area contributed by atoms with Crippen LogP contribution in [0.1, 0.15) is 44.4 Å². The van der Waals surface area contributed by atoms with Crippen LogP contribution in [0.5, 0.6) is 0 Å². The average molecular weight is 402 g/mol. The summed E-state index contributed by atoms with van der Waals surface area (Å²) in [4.78, 5) is 42.2. The van der Waals surface area contributed by atoms with Gasteiger partial charge in [0, 0.05) is 16.3 Å².